The Morgan fingerprint density at radius 3 is 2.64 bits per heavy atom. The quantitative estimate of drug-likeness (QED) is 0.892. The highest BCUT2D eigenvalue weighted by Gasteiger charge is 2.25. The molecule has 130 valence electrons. The van der Waals surface area contributed by atoms with E-state index in [9.17, 15) is 14.4 Å². The summed E-state index contributed by atoms with van der Waals surface area (Å²) in [4.78, 5) is 39.4. The van der Waals surface area contributed by atoms with Gasteiger partial charge in [-0.15, -0.1) is 0 Å². The standard InChI is InChI=1S/C19H20N2O4/c1-11-7-16-14(17(22)8-11)9-15(19(24)21-16)18(23)20-10-12-3-5-13(25-2)6-4-12/h3-6,9,11H,7-8,10H2,1-2H3,(H,20,23)(H,21,24). The highest BCUT2D eigenvalue weighted by Crippen LogP contribution is 2.23. The molecule has 1 aromatic carbocycles. The molecule has 0 aliphatic heterocycles. The van der Waals surface area contributed by atoms with Crippen LogP contribution >= 0.6 is 0 Å². The van der Waals surface area contributed by atoms with Crippen molar-refractivity contribution >= 4 is 11.7 Å². The molecule has 0 bridgehead atoms. The molecule has 0 spiro atoms. The predicted octanol–water partition coefficient (Wildman–Crippen LogP) is 2.08. The Balaban J connectivity index is 1.77. The summed E-state index contributed by atoms with van der Waals surface area (Å²) >= 11 is 0. The number of fused-ring (bicyclic) bond motifs is 1. The maximum atomic E-state index is 12.4. The monoisotopic (exact) mass is 340 g/mol. The number of amides is 1. The molecule has 1 aliphatic rings. The van der Waals surface area contributed by atoms with Crippen LogP contribution < -0.4 is 15.6 Å². The lowest BCUT2D eigenvalue weighted by Crippen LogP contribution is -2.32. The Kier molecular flexibility index (Phi) is 4.70. The van der Waals surface area contributed by atoms with E-state index in [0.29, 0.717) is 24.1 Å². The van der Waals surface area contributed by atoms with Gasteiger partial charge in [0.15, 0.2) is 5.78 Å². The van der Waals surface area contributed by atoms with Gasteiger partial charge in [-0.25, -0.2) is 0 Å². The Labute approximate surface area is 145 Å². The van der Waals surface area contributed by atoms with Crippen molar-refractivity contribution in [1.29, 1.82) is 0 Å². The van der Waals surface area contributed by atoms with Gasteiger partial charge in [0.1, 0.15) is 11.3 Å². The first-order chi connectivity index (χ1) is 12.0. The molecular weight excluding hydrogens is 320 g/mol. The Bertz CT molecular complexity index is 868. The van der Waals surface area contributed by atoms with E-state index in [2.05, 4.69) is 10.3 Å². The molecule has 1 unspecified atom stereocenters. The molecule has 3 rings (SSSR count). The van der Waals surface area contributed by atoms with Crippen molar-refractivity contribution in [2.75, 3.05) is 7.11 Å². The number of aromatic amines is 1. The zero-order valence-corrected chi connectivity index (χ0v) is 14.2. The van der Waals surface area contributed by atoms with Crippen molar-refractivity contribution in [3.63, 3.8) is 0 Å². The van der Waals surface area contributed by atoms with Crippen molar-refractivity contribution in [1.82, 2.24) is 10.3 Å². The third kappa shape index (κ3) is 3.63. The number of nitrogens with one attached hydrogen (secondary N) is 2. The lowest BCUT2D eigenvalue weighted by atomic mass is 9.86. The van der Waals surface area contributed by atoms with Crippen LogP contribution in [0.25, 0.3) is 0 Å². The number of rotatable bonds is 4. The molecule has 1 aromatic heterocycles. The van der Waals surface area contributed by atoms with Crippen molar-refractivity contribution in [3.8, 4) is 5.75 Å². The second-order valence-corrected chi connectivity index (χ2v) is 6.37. The number of aromatic nitrogens is 1. The summed E-state index contributed by atoms with van der Waals surface area (Å²) in [6, 6.07) is 8.69. The summed E-state index contributed by atoms with van der Waals surface area (Å²) in [6.45, 7) is 2.25. The first kappa shape index (κ1) is 17.0. The highest BCUT2D eigenvalue weighted by molar-refractivity contribution is 6.01. The predicted molar refractivity (Wildman–Crippen MR) is 93.0 cm³/mol. The van der Waals surface area contributed by atoms with Crippen LogP contribution in [-0.2, 0) is 13.0 Å². The van der Waals surface area contributed by atoms with E-state index in [1.807, 2.05) is 19.1 Å². The molecule has 1 atom stereocenters. The van der Waals surface area contributed by atoms with Gasteiger partial charge in [-0.05, 0) is 36.1 Å². The van der Waals surface area contributed by atoms with Crippen LogP contribution in [0.5, 0.6) is 5.75 Å². The Morgan fingerprint density at radius 1 is 1.24 bits per heavy atom. The second kappa shape index (κ2) is 6.93. The van der Waals surface area contributed by atoms with Gasteiger partial charge in [0.05, 0.1) is 7.11 Å². The lowest BCUT2D eigenvalue weighted by molar-refractivity contribution is 0.0949. The van der Waals surface area contributed by atoms with Crippen molar-refractivity contribution in [3.05, 3.63) is 63.1 Å². The molecule has 6 nitrogen and oxygen atoms in total. The number of ether oxygens (including phenoxy) is 1. The number of hydrogen-bond donors (Lipinski definition) is 2. The Hall–Kier alpha value is -2.89. The first-order valence-electron chi connectivity index (χ1n) is 8.18. The van der Waals surface area contributed by atoms with Crippen molar-refractivity contribution in [2.24, 2.45) is 5.92 Å². The fourth-order valence-electron chi connectivity index (χ4n) is 3.02. The van der Waals surface area contributed by atoms with Gasteiger partial charge in [-0.3, -0.25) is 14.4 Å². The highest BCUT2D eigenvalue weighted by atomic mass is 16.5. The minimum atomic E-state index is -0.494. The molecule has 0 radical (unpaired) electrons. The molecule has 1 amide bonds. The van der Waals surface area contributed by atoms with Crippen molar-refractivity contribution < 1.29 is 14.3 Å². The molecule has 25 heavy (non-hydrogen) atoms. The fourth-order valence-corrected chi connectivity index (χ4v) is 3.02. The van der Waals surface area contributed by atoms with Gasteiger partial charge in [-0.1, -0.05) is 19.1 Å². The van der Waals surface area contributed by atoms with Gasteiger partial charge in [0.25, 0.3) is 11.5 Å². The number of carbonyl (C=O) groups is 2. The van der Waals surface area contributed by atoms with Crippen LogP contribution in [0.3, 0.4) is 0 Å². The van der Waals surface area contributed by atoms with E-state index in [1.54, 1.807) is 19.2 Å². The average molecular weight is 340 g/mol. The largest absolute Gasteiger partial charge is 0.497 e. The van der Waals surface area contributed by atoms with Crippen LogP contribution in [0.1, 0.15) is 45.3 Å². The van der Waals surface area contributed by atoms with Gasteiger partial charge < -0.3 is 15.0 Å². The summed E-state index contributed by atoms with van der Waals surface area (Å²) in [7, 11) is 1.58. The lowest BCUT2D eigenvalue weighted by Gasteiger charge is -2.20. The SMILES string of the molecule is COc1ccc(CNC(=O)c2cc3c([nH]c2=O)CC(C)CC3=O)cc1. The normalized spacial score (nSPS) is 16.2. The van der Waals surface area contributed by atoms with Crippen LogP contribution in [0.2, 0.25) is 0 Å². The van der Waals surface area contributed by atoms with E-state index in [4.69, 9.17) is 4.74 Å². The molecule has 1 heterocycles. The maximum Gasteiger partial charge on any atom is 0.261 e. The molecule has 0 saturated heterocycles. The number of H-pyrrole nitrogens is 1. The average Bonchev–Trinajstić information content (AvgIpc) is 2.59. The molecule has 1 aliphatic carbocycles. The number of hydrogen-bond acceptors (Lipinski definition) is 4. The number of Topliss-reactive ketones (excluding diaryl/α,β-unsaturated/α-hetero) is 1. The van der Waals surface area contributed by atoms with Gasteiger partial charge in [0.2, 0.25) is 0 Å². The minimum absolute atomic E-state index is 0.0323. The van der Waals surface area contributed by atoms with Crippen LogP contribution in [-0.4, -0.2) is 23.8 Å². The number of methoxy groups -OCH3 is 1. The van der Waals surface area contributed by atoms with E-state index in [-0.39, 0.29) is 23.8 Å². The third-order valence-electron chi connectivity index (χ3n) is 4.37. The van der Waals surface area contributed by atoms with Gasteiger partial charge >= 0.3 is 0 Å². The van der Waals surface area contributed by atoms with E-state index < -0.39 is 11.5 Å². The molecule has 0 fully saturated rings. The molecular formula is C19H20N2O4. The molecule has 2 aromatic rings. The number of pyridine rings is 1. The van der Waals surface area contributed by atoms with Gasteiger partial charge in [-0.2, -0.15) is 0 Å². The summed E-state index contributed by atoms with van der Waals surface area (Å²) < 4.78 is 5.09. The zero-order chi connectivity index (χ0) is 18.0. The number of benzene rings is 1. The maximum absolute atomic E-state index is 12.4. The fraction of sp³-hybridized carbons (Fsp3) is 0.316. The van der Waals surface area contributed by atoms with E-state index >= 15 is 0 Å². The number of ketones is 1. The van der Waals surface area contributed by atoms with Gasteiger partial charge in [0, 0.05) is 24.2 Å². The smallest absolute Gasteiger partial charge is 0.261 e. The van der Waals surface area contributed by atoms with E-state index in [1.165, 1.54) is 6.07 Å². The van der Waals surface area contributed by atoms with E-state index in [0.717, 1.165) is 11.3 Å². The summed E-state index contributed by atoms with van der Waals surface area (Å²) in [5.41, 5.74) is 1.46. The number of carbonyl (C=O) groups excluding carboxylic acids is 2. The summed E-state index contributed by atoms with van der Waals surface area (Å²) in [5, 5.41) is 2.71. The van der Waals surface area contributed by atoms with Crippen LogP contribution in [0, 0.1) is 5.92 Å². The third-order valence-corrected chi connectivity index (χ3v) is 4.37. The van der Waals surface area contributed by atoms with Crippen LogP contribution in [0.4, 0.5) is 0 Å². The topological polar surface area (TPSA) is 88.3 Å². The van der Waals surface area contributed by atoms with Crippen LogP contribution in [0.15, 0.2) is 35.1 Å². The summed E-state index contributed by atoms with van der Waals surface area (Å²) in [6.07, 6.45) is 1.08. The minimum Gasteiger partial charge on any atom is -0.497 e. The molecule has 2 N–H and O–H groups in total. The Morgan fingerprint density at radius 2 is 1.96 bits per heavy atom. The first-order valence-corrected chi connectivity index (χ1v) is 8.18. The second-order valence-electron chi connectivity index (χ2n) is 6.37. The zero-order valence-electron chi connectivity index (χ0n) is 14.2. The molecule has 0 saturated carbocycles. The molecule has 6 heteroatoms. The summed E-state index contributed by atoms with van der Waals surface area (Å²) in [5.74, 6) is 0.403. The van der Waals surface area contributed by atoms with Crippen molar-refractivity contribution in [2.45, 2.75) is 26.3 Å².